The van der Waals surface area contributed by atoms with E-state index in [0.29, 0.717) is 18.7 Å². The molecule has 0 spiro atoms. The summed E-state index contributed by atoms with van der Waals surface area (Å²) in [7, 11) is 1.64. The quantitative estimate of drug-likeness (QED) is 0.647. The Morgan fingerprint density at radius 3 is 2.65 bits per heavy atom. The van der Waals surface area contributed by atoms with Crippen LogP contribution in [0.4, 0.5) is 0 Å². The fourth-order valence-electron chi connectivity index (χ4n) is 2.85. The molecule has 1 aliphatic carbocycles. The average Bonchev–Trinajstić information content (AvgIpc) is 2.91. The highest BCUT2D eigenvalue weighted by molar-refractivity contribution is 6.30. The summed E-state index contributed by atoms with van der Waals surface area (Å²) >= 11 is 6.08. The van der Waals surface area contributed by atoms with E-state index in [-0.39, 0.29) is 16.6 Å². The molecule has 0 unspecified atom stereocenters. The molecule has 0 radical (unpaired) electrons. The van der Waals surface area contributed by atoms with E-state index in [1.807, 2.05) is 0 Å². The maximum atomic E-state index is 12.5. The van der Waals surface area contributed by atoms with Gasteiger partial charge in [0.15, 0.2) is 0 Å². The van der Waals surface area contributed by atoms with E-state index in [2.05, 4.69) is 4.98 Å². The predicted molar refractivity (Wildman–Crippen MR) is 78.7 cm³/mol. The van der Waals surface area contributed by atoms with Gasteiger partial charge in [-0.2, -0.15) is 0 Å². The summed E-state index contributed by atoms with van der Waals surface area (Å²) < 4.78 is 6.24. The Morgan fingerprint density at radius 1 is 1.30 bits per heavy atom. The predicted octanol–water partition coefficient (Wildman–Crippen LogP) is 2.27. The van der Waals surface area contributed by atoms with Crippen molar-refractivity contribution in [3.63, 3.8) is 0 Å². The van der Waals surface area contributed by atoms with Crippen LogP contribution in [0.1, 0.15) is 50.0 Å². The first-order chi connectivity index (χ1) is 9.65. The van der Waals surface area contributed by atoms with E-state index < -0.39 is 5.69 Å². The van der Waals surface area contributed by atoms with Crippen molar-refractivity contribution < 1.29 is 4.74 Å². The summed E-state index contributed by atoms with van der Waals surface area (Å²) in [4.78, 5) is 27.0. The number of nitrogens with zero attached hydrogens (tertiary/aromatic N) is 1. The van der Waals surface area contributed by atoms with Crippen molar-refractivity contribution in [3.05, 3.63) is 31.6 Å². The van der Waals surface area contributed by atoms with Gasteiger partial charge in [-0.1, -0.05) is 24.4 Å². The van der Waals surface area contributed by atoms with Crippen molar-refractivity contribution in [1.29, 1.82) is 0 Å². The Bertz CT molecular complexity index is 559. The lowest BCUT2D eigenvalue weighted by atomic mass is 10.0. The smallest absolute Gasteiger partial charge is 0.329 e. The minimum Gasteiger partial charge on any atom is -0.385 e. The highest BCUT2D eigenvalue weighted by Crippen LogP contribution is 2.34. The zero-order valence-corrected chi connectivity index (χ0v) is 12.5. The molecule has 112 valence electrons. The molecule has 0 amide bonds. The first-order valence-electron chi connectivity index (χ1n) is 7.16. The Balaban J connectivity index is 2.25. The normalized spacial score (nSPS) is 15.9. The molecule has 0 atom stereocenters. The van der Waals surface area contributed by atoms with Crippen LogP contribution < -0.4 is 11.2 Å². The molecule has 1 N–H and O–H groups in total. The number of aromatic nitrogens is 2. The maximum absolute atomic E-state index is 12.5. The number of halogens is 1. The highest BCUT2D eigenvalue weighted by Gasteiger charge is 2.24. The van der Waals surface area contributed by atoms with Crippen LogP contribution in [0.3, 0.4) is 0 Å². The second kappa shape index (κ2) is 7.09. The van der Waals surface area contributed by atoms with E-state index in [0.717, 1.165) is 38.5 Å². The van der Waals surface area contributed by atoms with E-state index in [9.17, 15) is 9.59 Å². The first-order valence-corrected chi connectivity index (χ1v) is 7.54. The first kappa shape index (κ1) is 15.3. The number of ether oxygens (including phenoxy) is 1. The van der Waals surface area contributed by atoms with Gasteiger partial charge in [-0.3, -0.25) is 14.3 Å². The van der Waals surface area contributed by atoms with Gasteiger partial charge >= 0.3 is 5.69 Å². The van der Waals surface area contributed by atoms with Gasteiger partial charge in [0.25, 0.3) is 5.56 Å². The number of hydrogen-bond donors (Lipinski definition) is 1. The van der Waals surface area contributed by atoms with Crippen LogP contribution in [0.15, 0.2) is 9.59 Å². The molecule has 1 aromatic heterocycles. The summed E-state index contributed by atoms with van der Waals surface area (Å²) in [5, 5.41) is 0.222. The minimum absolute atomic E-state index is 0.192. The largest absolute Gasteiger partial charge is 0.385 e. The number of nitrogens with one attached hydrogen (secondary N) is 1. The lowest BCUT2D eigenvalue weighted by Gasteiger charge is -2.13. The van der Waals surface area contributed by atoms with Gasteiger partial charge in [-0.15, -0.1) is 0 Å². The van der Waals surface area contributed by atoms with E-state index >= 15 is 0 Å². The van der Waals surface area contributed by atoms with Gasteiger partial charge in [0.2, 0.25) is 0 Å². The van der Waals surface area contributed by atoms with Crippen LogP contribution in [-0.4, -0.2) is 23.3 Å². The molecule has 0 aromatic carbocycles. The Morgan fingerprint density at radius 2 is 2.00 bits per heavy atom. The monoisotopic (exact) mass is 300 g/mol. The lowest BCUT2D eigenvalue weighted by molar-refractivity contribution is 0.191. The van der Waals surface area contributed by atoms with Gasteiger partial charge in [0.05, 0.1) is 5.56 Å². The maximum Gasteiger partial charge on any atom is 0.329 e. The zero-order valence-electron chi connectivity index (χ0n) is 11.8. The molecule has 0 saturated heterocycles. The molecular formula is C14H21ClN2O3. The topological polar surface area (TPSA) is 64.1 Å². The second-order valence-corrected chi connectivity index (χ2v) is 5.67. The number of unbranched alkanes of at least 4 members (excludes halogenated alkanes) is 1. The number of hydrogen-bond acceptors (Lipinski definition) is 3. The number of rotatable bonds is 6. The molecular weight excluding hydrogens is 280 g/mol. The molecule has 20 heavy (non-hydrogen) atoms. The van der Waals surface area contributed by atoms with E-state index in [4.69, 9.17) is 16.3 Å². The van der Waals surface area contributed by atoms with Crippen molar-refractivity contribution >= 4 is 11.6 Å². The van der Waals surface area contributed by atoms with Crippen molar-refractivity contribution in [3.8, 4) is 0 Å². The molecule has 6 heteroatoms. The molecule has 1 aromatic rings. The molecule has 1 saturated carbocycles. The summed E-state index contributed by atoms with van der Waals surface area (Å²) in [5.74, 6) is 0.192. The third-order valence-electron chi connectivity index (χ3n) is 3.92. The van der Waals surface area contributed by atoms with Gasteiger partial charge in [0, 0.05) is 20.3 Å². The van der Waals surface area contributed by atoms with Crippen LogP contribution in [0.2, 0.25) is 5.15 Å². The van der Waals surface area contributed by atoms with Crippen LogP contribution in [0.25, 0.3) is 0 Å². The molecule has 1 heterocycles. The van der Waals surface area contributed by atoms with Crippen LogP contribution >= 0.6 is 11.6 Å². The Labute approximate surface area is 122 Å². The van der Waals surface area contributed by atoms with Gasteiger partial charge in [-0.25, -0.2) is 4.79 Å². The number of H-pyrrole nitrogens is 1. The summed E-state index contributed by atoms with van der Waals surface area (Å²) in [5.41, 5.74) is -0.0438. The molecule has 1 aliphatic rings. The second-order valence-electron chi connectivity index (χ2n) is 5.30. The van der Waals surface area contributed by atoms with Crippen molar-refractivity contribution in [1.82, 2.24) is 9.55 Å². The molecule has 2 rings (SSSR count). The Kier molecular flexibility index (Phi) is 5.43. The van der Waals surface area contributed by atoms with E-state index in [1.54, 1.807) is 7.11 Å². The lowest BCUT2D eigenvalue weighted by Crippen LogP contribution is -2.38. The van der Waals surface area contributed by atoms with Gasteiger partial charge in [-0.05, 0) is 31.6 Å². The minimum atomic E-state index is -0.417. The molecule has 1 fully saturated rings. The van der Waals surface area contributed by atoms with Crippen molar-refractivity contribution in [2.45, 2.75) is 51.0 Å². The molecule has 0 bridgehead atoms. The standard InChI is InChI=1S/C14H21ClN2O3/c1-20-9-5-4-8-17-13(18)11(10-6-2-3-7-10)12(15)16-14(17)19/h10H,2-9H2,1H3,(H,16,19). The summed E-state index contributed by atoms with van der Waals surface area (Å²) in [6, 6.07) is 0. The van der Waals surface area contributed by atoms with Crippen LogP contribution in [0.5, 0.6) is 0 Å². The average molecular weight is 301 g/mol. The summed E-state index contributed by atoms with van der Waals surface area (Å²) in [6.07, 6.45) is 5.75. The summed E-state index contributed by atoms with van der Waals surface area (Å²) in [6.45, 7) is 1.05. The van der Waals surface area contributed by atoms with Crippen LogP contribution in [0, 0.1) is 0 Å². The Hall–Kier alpha value is -1.07. The molecule has 0 aliphatic heterocycles. The van der Waals surface area contributed by atoms with Gasteiger partial charge in [0.1, 0.15) is 5.15 Å². The third kappa shape index (κ3) is 3.33. The highest BCUT2D eigenvalue weighted by atomic mass is 35.5. The fraction of sp³-hybridized carbons (Fsp3) is 0.714. The van der Waals surface area contributed by atoms with Gasteiger partial charge < -0.3 is 4.74 Å². The zero-order chi connectivity index (χ0) is 14.5. The van der Waals surface area contributed by atoms with Crippen molar-refractivity contribution in [2.24, 2.45) is 0 Å². The van der Waals surface area contributed by atoms with E-state index in [1.165, 1.54) is 4.57 Å². The SMILES string of the molecule is COCCCCn1c(=O)[nH]c(Cl)c(C2CCCC2)c1=O. The third-order valence-corrected chi connectivity index (χ3v) is 4.22. The van der Waals surface area contributed by atoms with Crippen LogP contribution in [-0.2, 0) is 11.3 Å². The molecule has 5 nitrogen and oxygen atoms in total. The van der Waals surface area contributed by atoms with Crippen molar-refractivity contribution in [2.75, 3.05) is 13.7 Å². The number of methoxy groups -OCH3 is 1. The number of aromatic amines is 1. The fourth-order valence-corrected chi connectivity index (χ4v) is 3.16.